The summed E-state index contributed by atoms with van der Waals surface area (Å²) in [5, 5.41) is 13.6. The third kappa shape index (κ3) is 2.66. The van der Waals surface area contributed by atoms with Gasteiger partial charge in [0.25, 0.3) is 5.71 Å². The zero-order valence-corrected chi connectivity index (χ0v) is 12.6. The highest BCUT2D eigenvalue weighted by molar-refractivity contribution is 5.99. The molecule has 0 aliphatic carbocycles. The summed E-state index contributed by atoms with van der Waals surface area (Å²) in [5.74, 6) is 0.0903. The zero-order chi connectivity index (χ0) is 16.4. The lowest BCUT2D eigenvalue weighted by Crippen LogP contribution is -2.26. The summed E-state index contributed by atoms with van der Waals surface area (Å²) in [6.07, 6.45) is 1.31. The van der Waals surface area contributed by atoms with Gasteiger partial charge < -0.3 is 19.3 Å². The SMILES string of the molecule is COc1ccccc1-c1noc2ncnc(N(C)CC(=O)O)c12. The summed E-state index contributed by atoms with van der Waals surface area (Å²) in [5.41, 5.74) is 1.51. The minimum absolute atomic E-state index is 0.206. The Balaban J connectivity index is 2.21. The molecule has 0 unspecified atom stereocenters. The van der Waals surface area contributed by atoms with E-state index in [4.69, 9.17) is 14.4 Å². The van der Waals surface area contributed by atoms with Crippen molar-refractivity contribution in [1.82, 2.24) is 15.1 Å². The summed E-state index contributed by atoms with van der Waals surface area (Å²) >= 11 is 0. The minimum atomic E-state index is -0.963. The van der Waals surface area contributed by atoms with Crippen LogP contribution >= 0.6 is 0 Å². The monoisotopic (exact) mass is 314 g/mol. The van der Waals surface area contributed by atoms with Crippen molar-refractivity contribution in [2.45, 2.75) is 0 Å². The predicted octanol–water partition coefficient (Wildman–Crippen LogP) is 1.81. The Morgan fingerprint density at radius 2 is 2.13 bits per heavy atom. The number of para-hydroxylation sites is 1. The van der Waals surface area contributed by atoms with E-state index in [9.17, 15) is 4.79 Å². The number of aliphatic carboxylic acids is 1. The van der Waals surface area contributed by atoms with Gasteiger partial charge in [-0.05, 0) is 12.1 Å². The van der Waals surface area contributed by atoms with Gasteiger partial charge in [0.1, 0.15) is 35.5 Å². The molecule has 0 spiro atoms. The average Bonchev–Trinajstić information content (AvgIpc) is 2.98. The maximum absolute atomic E-state index is 11.0. The van der Waals surface area contributed by atoms with Crippen molar-refractivity contribution in [3.05, 3.63) is 30.6 Å². The van der Waals surface area contributed by atoms with Crippen LogP contribution in [0.1, 0.15) is 0 Å². The van der Waals surface area contributed by atoms with Gasteiger partial charge in [0.05, 0.1) is 7.11 Å². The third-order valence-electron chi connectivity index (χ3n) is 3.35. The van der Waals surface area contributed by atoms with E-state index in [-0.39, 0.29) is 12.3 Å². The van der Waals surface area contributed by atoms with Crippen LogP contribution in [0, 0.1) is 0 Å². The Kier molecular flexibility index (Phi) is 3.80. The number of carboxylic acids is 1. The van der Waals surface area contributed by atoms with Crippen LogP contribution < -0.4 is 9.64 Å². The van der Waals surface area contributed by atoms with E-state index in [0.717, 1.165) is 0 Å². The van der Waals surface area contributed by atoms with Gasteiger partial charge in [0.2, 0.25) is 0 Å². The van der Waals surface area contributed by atoms with E-state index in [2.05, 4.69) is 15.1 Å². The number of nitrogens with zero attached hydrogens (tertiary/aromatic N) is 4. The third-order valence-corrected chi connectivity index (χ3v) is 3.35. The molecule has 0 saturated heterocycles. The van der Waals surface area contributed by atoms with Gasteiger partial charge in [0.15, 0.2) is 0 Å². The van der Waals surface area contributed by atoms with Gasteiger partial charge >= 0.3 is 5.97 Å². The van der Waals surface area contributed by atoms with Crippen molar-refractivity contribution >= 4 is 22.9 Å². The van der Waals surface area contributed by atoms with Crippen molar-refractivity contribution in [2.24, 2.45) is 0 Å². The van der Waals surface area contributed by atoms with Crippen LogP contribution in [0.5, 0.6) is 5.75 Å². The fourth-order valence-electron chi connectivity index (χ4n) is 2.36. The van der Waals surface area contributed by atoms with E-state index in [1.165, 1.54) is 11.2 Å². The molecule has 0 saturated carbocycles. The van der Waals surface area contributed by atoms with Crippen LogP contribution in [0.2, 0.25) is 0 Å². The number of carboxylic acid groups (broad SMARTS) is 1. The van der Waals surface area contributed by atoms with Crippen LogP contribution in [0.25, 0.3) is 22.4 Å². The standard InChI is InChI=1S/C15H14N4O4/c1-19(7-11(20)21)14-12-13(18-23-15(12)17-8-16-14)9-5-3-4-6-10(9)22-2/h3-6,8H,7H2,1-2H3,(H,20,21). The van der Waals surface area contributed by atoms with Crippen LogP contribution in [-0.2, 0) is 4.79 Å². The molecule has 23 heavy (non-hydrogen) atoms. The number of hydrogen-bond acceptors (Lipinski definition) is 7. The highest BCUT2D eigenvalue weighted by Crippen LogP contribution is 2.36. The maximum atomic E-state index is 11.0. The van der Waals surface area contributed by atoms with Gasteiger partial charge in [0, 0.05) is 12.6 Å². The second-order valence-corrected chi connectivity index (χ2v) is 4.86. The molecule has 0 aliphatic heterocycles. The molecule has 2 heterocycles. The summed E-state index contributed by atoms with van der Waals surface area (Å²) in [6.45, 7) is -0.206. The number of hydrogen-bond donors (Lipinski definition) is 1. The summed E-state index contributed by atoms with van der Waals surface area (Å²) in [4.78, 5) is 20.7. The molecule has 3 rings (SSSR count). The largest absolute Gasteiger partial charge is 0.496 e. The lowest BCUT2D eigenvalue weighted by atomic mass is 10.1. The van der Waals surface area contributed by atoms with Gasteiger partial charge in [-0.15, -0.1) is 0 Å². The van der Waals surface area contributed by atoms with Crippen LogP contribution in [0.15, 0.2) is 35.1 Å². The number of rotatable bonds is 5. The Hall–Kier alpha value is -3.16. The van der Waals surface area contributed by atoms with Gasteiger partial charge in [-0.25, -0.2) is 4.98 Å². The molecule has 2 aromatic heterocycles. The Morgan fingerprint density at radius 3 is 2.87 bits per heavy atom. The molecule has 1 N–H and O–H groups in total. The molecule has 0 radical (unpaired) electrons. The van der Waals surface area contributed by atoms with Gasteiger partial charge in [-0.2, -0.15) is 4.98 Å². The smallest absolute Gasteiger partial charge is 0.323 e. The molecule has 8 nitrogen and oxygen atoms in total. The Labute approximate surface area is 131 Å². The van der Waals surface area contributed by atoms with Crippen molar-refractivity contribution < 1.29 is 19.2 Å². The molecule has 0 bridgehead atoms. The summed E-state index contributed by atoms with van der Waals surface area (Å²) in [7, 11) is 3.20. The van der Waals surface area contributed by atoms with Crippen molar-refractivity contribution in [1.29, 1.82) is 0 Å². The second kappa shape index (κ2) is 5.91. The predicted molar refractivity (Wildman–Crippen MR) is 82.5 cm³/mol. The molecule has 0 aliphatic rings. The van der Waals surface area contributed by atoms with Crippen LogP contribution in [-0.4, -0.2) is 46.9 Å². The van der Waals surface area contributed by atoms with Gasteiger partial charge in [-0.3, -0.25) is 4.79 Å². The molecule has 0 fully saturated rings. The number of methoxy groups -OCH3 is 1. The first kappa shape index (κ1) is 14.8. The lowest BCUT2D eigenvalue weighted by molar-refractivity contribution is -0.135. The van der Waals surface area contributed by atoms with E-state index >= 15 is 0 Å². The molecule has 118 valence electrons. The van der Waals surface area contributed by atoms with E-state index < -0.39 is 5.97 Å². The molecule has 0 atom stereocenters. The normalized spacial score (nSPS) is 10.7. The molecular weight excluding hydrogens is 300 g/mol. The first-order chi connectivity index (χ1) is 11.1. The number of ether oxygens (including phenoxy) is 1. The number of anilines is 1. The van der Waals surface area contributed by atoms with E-state index in [1.807, 2.05) is 18.2 Å². The van der Waals surface area contributed by atoms with Crippen molar-refractivity contribution in [2.75, 3.05) is 25.6 Å². The molecule has 1 aromatic carbocycles. The van der Waals surface area contributed by atoms with Crippen LogP contribution in [0.3, 0.4) is 0 Å². The molecule has 0 amide bonds. The van der Waals surface area contributed by atoms with Crippen molar-refractivity contribution in [3.8, 4) is 17.0 Å². The number of carbonyl (C=O) groups is 1. The van der Waals surface area contributed by atoms with E-state index in [1.54, 1.807) is 20.2 Å². The Morgan fingerprint density at radius 1 is 1.35 bits per heavy atom. The number of fused-ring (bicyclic) bond motifs is 1. The zero-order valence-electron chi connectivity index (χ0n) is 12.6. The number of benzene rings is 1. The first-order valence-corrected chi connectivity index (χ1v) is 6.78. The topological polar surface area (TPSA) is 102 Å². The number of aromatic nitrogens is 3. The fourth-order valence-corrected chi connectivity index (χ4v) is 2.36. The lowest BCUT2D eigenvalue weighted by Gasteiger charge is -2.16. The van der Waals surface area contributed by atoms with Gasteiger partial charge in [-0.1, -0.05) is 17.3 Å². The molecular formula is C15H14N4O4. The highest BCUT2D eigenvalue weighted by Gasteiger charge is 2.21. The second-order valence-electron chi connectivity index (χ2n) is 4.86. The van der Waals surface area contributed by atoms with Crippen LogP contribution in [0.4, 0.5) is 5.82 Å². The molecule has 3 aromatic rings. The minimum Gasteiger partial charge on any atom is -0.496 e. The summed E-state index contributed by atoms with van der Waals surface area (Å²) in [6, 6.07) is 7.34. The summed E-state index contributed by atoms with van der Waals surface area (Å²) < 4.78 is 10.6. The first-order valence-electron chi connectivity index (χ1n) is 6.78. The molecule has 8 heteroatoms. The van der Waals surface area contributed by atoms with Crippen molar-refractivity contribution in [3.63, 3.8) is 0 Å². The number of likely N-dealkylation sites (N-methyl/N-ethyl adjacent to an activating group) is 1. The Bertz CT molecular complexity index is 862. The highest BCUT2D eigenvalue weighted by atomic mass is 16.5. The quantitative estimate of drug-likeness (QED) is 0.761. The fraction of sp³-hybridized carbons (Fsp3) is 0.200. The average molecular weight is 314 g/mol. The van der Waals surface area contributed by atoms with E-state index in [0.29, 0.717) is 28.2 Å². The maximum Gasteiger partial charge on any atom is 0.323 e.